The van der Waals surface area contributed by atoms with Gasteiger partial charge in [0.15, 0.2) is 0 Å². The fourth-order valence-corrected chi connectivity index (χ4v) is 3.70. The zero-order valence-corrected chi connectivity index (χ0v) is 14.8. The third-order valence-electron chi connectivity index (χ3n) is 5.35. The molecule has 0 radical (unpaired) electrons. The van der Waals surface area contributed by atoms with Crippen molar-refractivity contribution in [3.63, 3.8) is 0 Å². The number of imide groups is 1. The van der Waals surface area contributed by atoms with Crippen LogP contribution in [0.15, 0.2) is 24.3 Å². The summed E-state index contributed by atoms with van der Waals surface area (Å²) in [6.07, 6.45) is 3.91. The topological polar surface area (TPSA) is 78.5 Å². The van der Waals surface area contributed by atoms with E-state index >= 15 is 0 Å². The van der Waals surface area contributed by atoms with Crippen molar-refractivity contribution in [1.82, 2.24) is 10.2 Å². The van der Waals surface area contributed by atoms with Crippen molar-refractivity contribution in [1.29, 1.82) is 0 Å². The highest BCUT2D eigenvalue weighted by Gasteiger charge is 2.52. The number of nitrogens with one attached hydrogen (secondary N) is 2. The van der Waals surface area contributed by atoms with Gasteiger partial charge < -0.3 is 10.6 Å². The molecular weight excluding hydrogens is 318 g/mol. The van der Waals surface area contributed by atoms with Crippen LogP contribution in [-0.2, 0) is 16.0 Å². The molecule has 134 valence electrons. The van der Waals surface area contributed by atoms with E-state index in [4.69, 9.17) is 0 Å². The Kier molecular flexibility index (Phi) is 4.79. The molecule has 25 heavy (non-hydrogen) atoms. The molecule has 1 aliphatic heterocycles. The number of para-hydroxylation sites is 1. The van der Waals surface area contributed by atoms with Gasteiger partial charge in [0.25, 0.3) is 5.91 Å². The quantitative estimate of drug-likeness (QED) is 0.825. The number of urea groups is 1. The van der Waals surface area contributed by atoms with Crippen molar-refractivity contribution in [3.05, 3.63) is 29.8 Å². The molecule has 2 N–H and O–H groups in total. The number of carbonyl (C=O) groups is 3. The number of anilines is 1. The Morgan fingerprint density at radius 1 is 1.28 bits per heavy atom. The summed E-state index contributed by atoms with van der Waals surface area (Å²) >= 11 is 0. The number of benzene rings is 1. The van der Waals surface area contributed by atoms with Crippen LogP contribution in [0.4, 0.5) is 10.5 Å². The van der Waals surface area contributed by atoms with Crippen molar-refractivity contribution in [2.45, 2.75) is 51.5 Å². The van der Waals surface area contributed by atoms with E-state index in [1.54, 1.807) is 0 Å². The molecule has 3 rings (SSSR count). The van der Waals surface area contributed by atoms with E-state index in [1.807, 2.05) is 31.2 Å². The Labute approximate surface area is 148 Å². The molecule has 1 aromatic carbocycles. The second-order valence-electron chi connectivity index (χ2n) is 7.14. The molecule has 2 fully saturated rings. The maximum absolute atomic E-state index is 12.8. The standard InChI is InChI=1S/C19H25N3O3/c1-3-14-6-4-5-7-15(14)20-16(23)12-22-17(24)19(21-18(22)25)10-8-13(2)9-11-19/h4-7,13H,3,8-12H2,1-2H3,(H,20,23)(H,21,25). The molecule has 6 nitrogen and oxygen atoms in total. The van der Waals surface area contributed by atoms with Gasteiger partial charge in [0.1, 0.15) is 12.1 Å². The third kappa shape index (κ3) is 3.38. The SMILES string of the molecule is CCc1ccccc1NC(=O)CN1C(=O)NC2(CCC(C)CC2)C1=O. The van der Waals surface area contributed by atoms with Crippen molar-refractivity contribution >= 4 is 23.5 Å². The van der Waals surface area contributed by atoms with Crippen molar-refractivity contribution < 1.29 is 14.4 Å². The van der Waals surface area contributed by atoms with Crippen molar-refractivity contribution in [2.75, 3.05) is 11.9 Å². The monoisotopic (exact) mass is 343 g/mol. The highest BCUT2D eigenvalue weighted by molar-refractivity contribution is 6.10. The van der Waals surface area contributed by atoms with Crippen LogP contribution >= 0.6 is 0 Å². The first-order valence-corrected chi connectivity index (χ1v) is 8.97. The number of hydrogen-bond donors (Lipinski definition) is 2. The van der Waals surface area contributed by atoms with Crippen LogP contribution in [0, 0.1) is 5.92 Å². The van der Waals surface area contributed by atoms with Gasteiger partial charge in [-0.15, -0.1) is 0 Å². The summed E-state index contributed by atoms with van der Waals surface area (Å²) in [5.74, 6) is -0.0489. The summed E-state index contributed by atoms with van der Waals surface area (Å²) in [5.41, 5.74) is 0.944. The summed E-state index contributed by atoms with van der Waals surface area (Å²) in [6, 6.07) is 7.08. The normalized spacial score (nSPS) is 26.0. The zero-order valence-electron chi connectivity index (χ0n) is 14.8. The van der Waals surface area contributed by atoms with Gasteiger partial charge in [-0.05, 0) is 49.7 Å². The van der Waals surface area contributed by atoms with Crippen LogP contribution in [0.2, 0.25) is 0 Å². The lowest BCUT2D eigenvalue weighted by molar-refractivity contribution is -0.135. The summed E-state index contributed by atoms with van der Waals surface area (Å²) in [7, 11) is 0. The van der Waals surface area contributed by atoms with Gasteiger partial charge >= 0.3 is 6.03 Å². The van der Waals surface area contributed by atoms with E-state index in [1.165, 1.54) is 0 Å². The average Bonchev–Trinajstić information content (AvgIpc) is 2.82. The van der Waals surface area contributed by atoms with Crippen molar-refractivity contribution in [3.8, 4) is 0 Å². The molecule has 1 aliphatic carbocycles. The Bertz CT molecular complexity index is 693. The Morgan fingerprint density at radius 3 is 2.64 bits per heavy atom. The maximum Gasteiger partial charge on any atom is 0.325 e. The lowest BCUT2D eigenvalue weighted by Gasteiger charge is -2.33. The molecule has 4 amide bonds. The Balaban J connectivity index is 1.67. The number of rotatable bonds is 4. The molecule has 0 bridgehead atoms. The zero-order chi connectivity index (χ0) is 18.0. The number of amides is 4. The van der Waals surface area contributed by atoms with Gasteiger partial charge in [-0.3, -0.25) is 14.5 Å². The number of carbonyl (C=O) groups excluding carboxylic acids is 3. The van der Waals surface area contributed by atoms with Gasteiger partial charge in [-0.2, -0.15) is 0 Å². The molecule has 1 aromatic rings. The van der Waals surface area contributed by atoms with Crippen molar-refractivity contribution in [2.24, 2.45) is 5.92 Å². The lowest BCUT2D eigenvalue weighted by atomic mass is 9.77. The van der Waals surface area contributed by atoms with Gasteiger partial charge in [0.05, 0.1) is 0 Å². The first kappa shape index (κ1) is 17.5. The molecule has 1 spiro atoms. The average molecular weight is 343 g/mol. The van der Waals surface area contributed by atoms with Crippen LogP contribution in [0.5, 0.6) is 0 Å². The van der Waals surface area contributed by atoms with Crippen LogP contribution in [0.1, 0.15) is 45.1 Å². The molecule has 0 unspecified atom stereocenters. The lowest BCUT2D eigenvalue weighted by Crippen LogP contribution is -2.49. The van der Waals surface area contributed by atoms with E-state index in [2.05, 4.69) is 17.6 Å². The molecule has 0 atom stereocenters. The van der Waals surface area contributed by atoms with Crippen LogP contribution in [0.25, 0.3) is 0 Å². The van der Waals surface area contributed by atoms with Gasteiger partial charge in [-0.1, -0.05) is 32.0 Å². The molecular formula is C19H25N3O3. The third-order valence-corrected chi connectivity index (χ3v) is 5.35. The number of nitrogens with zero attached hydrogens (tertiary/aromatic N) is 1. The molecule has 1 heterocycles. The predicted molar refractivity (Wildman–Crippen MR) is 95.1 cm³/mol. The van der Waals surface area contributed by atoms with Gasteiger partial charge in [0.2, 0.25) is 5.91 Å². The minimum absolute atomic E-state index is 0.250. The van der Waals surface area contributed by atoms with E-state index in [-0.39, 0.29) is 18.4 Å². The Morgan fingerprint density at radius 2 is 1.96 bits per heavy atom. The fourth-order valence-electron chi connectivity index (χ4n) is 3.70. The highest BCUT2D eigenvalue weighted by atomic mass is 16.2. The van der Waals surface area contributed by atoms with E-state index in [9.17, 15) is 14.4 Å². The van der Waals surface area contributed by atoms with Gasteiger partial charge in [-0.25, -0.2) is 4.79 Å². The second kappa shape index (κ2) is 6.86. The number of hydrogen-bond acceptors (Lipinski definition) is 3. The first-order chi connectivity index (χ1) is 11.9. The summed E-state index contributed by atoms with van der Waals surface area (Å²) in [5, 5.41) is 5.65. The van der Waals surface area contributed by atoms with E-state index in [0.717, 1.165) is 35.4 Å². The number of aryl methyl sites for hydroxylation is 1. The molecule has 1 saturated carbocycles. The maximum atomic E-state index is 12.8. The molecule has 0 aromatic heterocycles. The fraction of sp³-hybridized carbons (Fsp3) is 0.526. The summed E-state index contributed by atoms with van der Waals surface area (Å²) in [6.45, 7) is 3.92. The van der Waals surface area contributed by atoms with Crippen LogP contribution < -0.4 is 10.6 Å². The molecule has 2 aliphatic rings. The molecule has 1 saturated heterocycles. The van der Waals surface area contributed by atoms with Crippen LogP contribution in [-0.4, -0.2) is 34.8 Å². The molecule has 6 heteroatoms. The highest BCUT2D eigenvalue weighted by Crippen LogP contribution is 2.36. The summed E-state index contributed by atoms with van der Waals surface area (Å²) in [4.78, 5) is 38.5. The first-order valence-electron chi connectivity index (χ1n) is 8.97. The largest absolute Gasteiger partial charge is 0.325 e. The Hall–Kier alpha value is -2.37. The second-order valence-corrected chi connectivity index (χ2v) is 7.14. The van der Waals surface area contributed by atoms with E-state index in [0.29, 0.717) is 18.8 Å². The predicted octanol–water partition coefficient (Wildman–Crippen LogP) is 2.69. The summed E-state index contributed by atoms with van der Waals surface area (Å²) < 4.78 is 0. The van der Waals surface area contributed by atoms with E-state index < -0.39 is 11.6 Å². The smallest absolute Gasteiger partial charge is 0.324 e. The van der Waals surface area contributed by atoms with Crippen LogP contribution in [0.3, 0.4) is 0 Å². The van der Waals surface area contributed by atoms with Gasteiger partial charge in [0, 0.05) is 5.69 Å². The minimum Gasteiger partial charge on any atom is -0.324 e. The minimum atomic E-state index is -0.800.